The van der Waals surface area contributed by atoms with Gasteiger partial charge in [-0.25, -0.2) is 0 Å². The number of Topliss-reactive ketones (excluding diaryl/α,β-unsaturated/α-hetero) is 1. The Morgan fingerprint density at radius 1 is 1.11 bits per heavy atom. The number of ketones is 1. The van der Waals surface area contributed by atoms with Gasteiger partial charge in [-0.3, -0.25) is 4.79 Å². The molecule has 19 heavy (non-hydrogen) atoms. The molecule has 1 aliphatic heterocycles. The Labute approximate surface area is 109 Å². The number of aromatic hydroxyl groups is 3. The average Bonchev–Trinajstić information content (AvgIpc) is 2.57. The summed E-state index contributed by atoms with van der Waals surface area (Å²) in [5, 5.41) is 29.1. The van der Waals surface area contributed by atoms with Crippen molar-refractivity contribution in [3.05, 3.63) is 35.1 Å². The Bertz CT molecular complexity index is 640. The van der Waals surface area contributed by atoms with Gasteiger partial charge in [-0.2, -0.15) is 0 Å². The summed E-state index contributed by atoms with van der Waals surface area (Å²) in [5.74, 6) is -0.661. The molecule has 0 fully saturated rings. The van der Waals surface area contributed by atoms with Gasteiger partial charge >= 0.3 is 0 Å². The van der Waals surface area contributed by atoms with Gasteiger partial charge in [0.15, 0.2) is 17.3 Å². The Balaban J connectivity index is 2.15. The molecule has 3 N–H and O–H groups in total. The predicted octanol–water partition coefficient (Wildman–Crippen LogP) is 1.91. The molecule has 1 aromatic rings. The standard InChI is InChI=1S/C14H12O5/c15-9-2-1-3-12-7(9)4-5-8-10(16)6-11(17)13(18)14(8)19-12/h1,3,6,16-18H,2,4-5H2. The molecule has 98 valence electrons. The monoisotopic (exact) mass is 260 g/mol. The fourth-order valence-corrected chi connectivity index (χ4v) is 2.36. The molecule has 0 saturated carbocycles. The van der Waals surface area contributed by atoms with Crippen LogP contribution in [0.25, 0.3) is 0 Å². The summed E-state index contributed by atoms with van der Waals surface area (Å²) in [6.45, 7) is 0. The summed E-state index contributed by atoms with van der Waals surface area (Å²) >= 11 is 0. The van der Waals surface area contributed by atoms with Crippen molar-refractivity contribution in [3.63, 3.8) is 0 Å². The van der Waals surface area contributed by atoms with E-state index in [0.717, 1.165) is 6.07 Å². The van der Waals surface area contributed by atoms with E-state index in [2.05, 4.69) is 0 Å². The van der Waals surface area contributed by atoms with Gasteiger partial charge in [0.1, 0.15) is 11.5 Å². The third kappa shape index (κ3) is 1.74. The number of phenols is 3. The van der Waals surface area contributed by atoms with E-state index in [9.17, 15) is 20.1 Å². The third-order valence-electron chi connectivity index (χ3n) is 3.36. The van der Waals surface area contributed by atoms with Crippen LogP contribution < -0.4 is 4.74 Å². The number of rotatable bonds is 0. The van der Waals surface area contributed by atoms with Crippen molar-refractivity contribution in [3.8, 4) is 23.0 Å². The highest BCUT2D eigenvalue weighted by Gasteiger charge is 2.27. The minimum atomic E-state index is -0.452. The first-order valence-electron chi connectivity index (χ1n) is 5.95. The highest BCUT2D eigenvalue weighted by Crippen LogP contribution is 2.47. The van der Waals surface area contributed by atoms with E-state index in [1.165, 1.54) is 0 Å². The van der Waals surface area contributed by atoms with Gasteiger partial charge in [0.05, 0.1) is 0 Å². The summed E-state index contributed by atoms with van der Waals surface area (Å²) in [4.78, 5) is 11.8. The fourth-order valence-electron chi connectivity index (χ4n) is 2.36. The topological polar surface area (TPSA) is 87.0 Å². The van der Waals surface area contributed by atoms with Crippen LogP contribution in [-0.2, 0) is 11.2 Å². The Morgan fingerprint density at radius 3 is 2.68 bits per heavy atom. The van der Waals surface area contributed by atoms with Crippen LogP contribution in [0.2, 0.25) is 0 Å². The number of carbonyl (C=O) groups excluding carboxylic acids is 1. The van der Waals surface area contributed by atoms with Gasteiger partial charge in [0, 0.05) is 23.6 Å². The van der Waals surface area contributed by atoms with Crippen molar-refractivity contribution in [2.24, 2.45) is 0 Å². The maximum absolute atomic E-state index is 11.8. The number of phenolic OH excluding ortho intramolecular Hbond substituents is 3. The van der Waals surface area contributed by atoms with Crippen LogP contribution >= 0.6 is 0 Å². The molecule has 0 aromatic heterocycles. The van der Waals surface area contributed by atoms with E-state index in [-0.39, 0.29) is 17.3 Å². The van der Waals surface area contributed by atoms with Gasteiger partial charge in [-0.05, 0) is 18.9 Å². The molecule has 2 aliphatic rings. The molecule has 0 saturated heterocycles. The van der Waals surface area contributed by atoms with Gasteiger partial charge < -0.3 is 20.1 Å². The van der Waals surface area contributed by atoms with Crippen molar-refractivity contribution < 1.29 is 24.9 Å². The van der Waals surface area contributed by atoms with Crippen LogP contribution in [-0.4, -0.2) is 21.1 Å². The maximum Gasteiger partial charge on any atom is 0.201 e. The minimum Gasteiger partial charge on any atom is -0.507 e. The maximum atomic E-state index is 11.8. The molecule has 5 nitrogen and oxygen atoms in total. The van der Waals surface area contributed by atoms with Crippen molar-refractivity contribution in [1.29, 1.82) is 0 Å². The first-order valence-corrected chi connectivity index (χ1v) is 5.95. The van der Waals surface area contributed by atoms with E-state index in [0.29, 0.717) is 36.2 Å². The molecule has 0 amide bonds. The van der Waals surface area contributed by atoms with Crippen LogP contribution in [0.5, 0.6) is 23.0 Å². The fraction of sp³-hybridized carbons (Fsp3) is 0.214. The van der Waals surface area contributed by atoms with E-state index in [1.54, 1.807) is 12.2 Å². The lowest BCUT2D eigenvalue weighted by Gasteiger charge is -2.14. The van der Waals surface area contributed by atoms with Crippen molar-refractivity contribution in [2.45, 2.75) is 19.3 Å². The summed E-state index contributed by atoms with van der Waals surface area (Å²) in [5.41, 5.74) is 0.947. The second kappa shape index (κ2) is 4.05. The smallest absolute Gasteiger partial charge is 0.201 e. The second-order valence-corrected chi connectivity index (χ2v) is 4.55. The molecule has 0 spiro atoms. The van der Waals surface area contributed by atoms with Crippen molar-refractivity contribution in [2.75, 3.05) is 0 Å². The number of carbonyl (C=O) groups is 1. The molecule has 1 heterocycles. The summed E-state index contributed by atoms with van der Waals surface area (Å²) in [6, 6.07) is 1.07. The second-order valence-electron chi connectivity index (χ2n) is 4.55. The molecule has 5 heteroatoms. The number of allylic oxidation sites excluding steroid dienone is 3. The molecule has 3 rings (SSSR count). The molecule has 0 atom stereocenters. The Hall–Kier alpha value is -2.43. The normalized spacial score (nSPS) is 17.6. The van der Waals surface area contributed by atoms with Crippen LogP contribution in [0, 0.1) is 0 Å². The number of hydrogen-bond donors (Lipinski definition) is 3. The van der Waals surface area contributed by atoms with Gasteiger partial charge in [-0.15, -0.1) is 0 Å². The summed E-state index contributed by atoms with van der Waals surface area (Å²) in [6.07, 6.45) is 4.50. The van der Waals surface area contributed by atoms with Gasteiger partial charge in [-0.1, -0.05) is 6.08 Å². The third-order valence-corrected chi connectivity index (χ3v) is 3.36. The number of hydrogen-bond acceptors (Lipinski definition) is 5. The highest BCUT2D eigenvalue weighted by atomic mass is 16.5. The molecular weight excluding hydrogens is 248 g/mol. The van der Waals surface area contributed by atoms with Crippen LogP contribution in [0.15, 0.2) is 29.6 Å². The molecule has 0 radical (unpaired) electrons. The zero-order chi connectivity index (χ0) is 13.6. The van der Waals surface area contributed by atoms with E-state index < -0.39 is 11.5 Å². The quantitative estimate of drug-likeness (QED) is 0.490. The van der Waals surface area contributed by atoms with Crippen LogP contribution in [0.4, 0.5) is 0 Å². The lowest BCUT2D eigenvalue weighted by Crippen LogP contribution is -2.10. The van der Waals surface area contributed by atoms with E-state index >= 15 is 0 Å². The largest absolute Gasteiger partial charge is 0.507 e. The van der Waals surface area contributed by atoms with Gasteiger partial charge in [0.25, 0.3) is 0 Å². The van der Waals surface area contributed by atoms with E-state index in [1.807, 2.05) is 0 Å². The Morgan fingerprint density at radius 2 is 1.89 bits per heavy atom. The van der Waals surface area contributed by atoms with Gasteiger partial charge in [0.2, 0.25) is 5.75 Å². The molecular formula is C14H12O5. The first kappa shape index (κ1) is 11.6. The van der Waals surface area contributed by atoms with Crippen molar-refractivity contribution >= 4 is 5.78 Å². The van der Waals surface area contributed by atoms with E-state index in [4.69, 9.17) is 4.74 Å². The van der Waals surface area contributed by atoms with Crippen LogP contribution in [0.1, 0.15) is 18.4 Å². The molecule has 1 aliphatic carbocycles. The highest BCUT2D eigenvalue weighted by molar-refractivity contribution is 5.98. The Kier molecular flexibility index (Phi) is 2.48. The minimum absolute atomic E-state index is 0.0156. The van der Waals surface area contributed by atoms with Crippen molar-refractivity contribution in [1.82, 2.24) is 0 Å². The zero-order valence-electron chi connectivity index (χ0n) is 10.0. The predicted molar refractivity (Wildman–Crippen MR) is 66.2 cm³/mol. The van der Waals surface area contributed by atoms with Crippen LogP contribution in [0.3, 0.4) is 0 Å². The number of ether oxygens (including phenoxy) is 1. The number of benzene rings is 1. The molecule has 0 unspecified atom stereocenters. The average molecular weight is 260 g/mol. The summed E-state index contributed by atoms with van der Waals surface area (Å²) in [7, 11) is 0. The first-order chi connectivity index (χ1) is 9.08. The lowest BCUT2D eigenvalue weighted by molar-refractivity contribution is -0.115. The number of fused-ring (bicyclic) bond motifs is 1. The zero-order valence-corrected chi connectivity index (χ0v) is 10.0. The molecule has 1 aromatic carbocycles. The lowest BCUT2D eigenvalue weighted by atomic mass is 9.96. The summed E-state index contributed by atoms with van der Waals surface area (Å²) < 4.78 is 5.53. The SMILES string of the molecule is O=C1CC=CC2=C1CCc1c(O)cc(O)c(O)c1O2. The molecule has 0 bridgehead atoms.